The van der Waals surface area contributed by atoms with Crippen molar-refractivity contribution in [3.8, 4) is 0 Å². The Morgan fingerprint density at radius 1 is 1.16 bits per heavy atom. The second-order valence-electron chi connectivity index (χ2n) is 6.42. The standard InChI is InChI=1S/C18H20N6O/c1-13-8-9-19-18-20-16(21-24(13)18)17(25)23-11-10-22(2)12-15(23)14-6-4-3-5-7-14/h3-9,15H,10-12H2,1-2H3/t15-/m0/s1. The van der Waals surface area contributed by atoms with Crippen molar-refractivity contribution in [2.45, 2.75) is 13.0 Å². The molecular formula is C18H20N6O. The Bertz CT molecular complexity index is 906. The van der Waals surface area contributed by atoms with E-state index in [1.807, 2.05) is 36.1 Å². The Hall–Kier alpha value is -2.80. The molecule has 1 fully saturated rings. The summed E-state index contributed by atoms with van der Waals surface area (Å²) in [6, 6.07) is 12.0. The average Bonchev–Trinajstić information content (AvgIpc) is 3.07. The lowest BCUT2D eigenvalue weighted by Crippen LogP contribution is -2.49. The van der Waals surface area contributed by atoms with Gasteiger partial charge in [0.15, 0.2) is 0 Å². The van der Waals surface area contributed by atoms with Gasteiger partial charge in [-0.2, -0.15) is 4.98 Å². The molecule has 1 amide bonds. The number of aryl methyl sites for hydroxylation is 1. The first-order chi connectivity index (χ1) is 12.1. The van der Waals surface area contributed by atoms with Gasteiger partial charge in [-0.1, -0.05) is 30.3 Å². The Kier molecular flexibility index (Phi) is 3.93. The van der Waals surface area contributed by atoms with Crippen LogP contribution in [0.15, 0.2) is 42.6 Å². The molecule has 25 heavy (non-hydrogen) atoms. The van der Waals surface area contributed by atoms with Crippen molar-refractivity contribution in [2.75, 3.05) is 26.7 Å². The number of carbonyl (C=O) groups excluding carboxylic acids is 1. The van der Waals surface area contributed by atoms with Gasteiger partial charge in [-0.15, -0.1) is 5.10 Å². The molecule has 0 N–H and O–H groups in total. The summed E-state index contributed by atoms with van der Waals surface area (Å²) in [5, 5.41) is 4.37. The molecule has 1 atom stereocenters. The maximum Gasteiger partial charge on any atom is 0.294 e. The van der Waals surface area contributed by atoms with Gasteiger partial charge in [0.1, 0.15) is 0 Å². The second-order valence-corrected chi connectivity index (χ2v) is 6.42. The molecule has 128 valence electrons. The van der Waals surface area contributed by atoms with Crippen LogP contribution in [-0.4, -0.2) is 62.0 Å². The molecule has 1 aromatic carbocycles. The zero-order valence-electron chi connectivity index (χ0n) is 14.3. The number of piperazine rings is 1. The van der Waals surface area contributed by atoms with Gasteiger partial charge in [0, 0.05) is 31.5 Å². The molecule has 0 unspecified atom stereocenters. The van der Waals surface area contributed by atoms with Gasteiger partial charge < -0.3 is 9.80 Å². The first kappa shape index (κ1) is 15.7. The summed E-state index contributed by atoms with van der Waals surface area (Å²) in [6.07, 6.45) is 1.68. The second kappa shape index (κ2) is 6.25. The van der Waals surface area contributed by atoms with E-state index in [0.29, 0.717) is 12.3 Å². The number of fused-ring (bicyclic) bond motifs is 1. The molecule has 0 bridgehead atoms. The highest BCUT2D eigenvalue weighted by atomic mass is 16.2. The maximum absolute atomic E-state index is 13.1. The van der Waals surface area contributed by atoms with Crippen LogP contribution in [0.3, 0.4) is 0 Å². The van der Waals surface area contributed by atoms with Gasteiger partial charge in [0.25, 0.3) is 11.7 Å². The van der Waals surface area contributed by atoms with E-state index in [0.717, 1.165) is 24.3 Å². The number of likely N-dealkylation sites (N-methyl/N-ethyl adjacent to an activating group) is 1. The quantitative estimate of drug-likeness (QED) is 0.710. The molecular weight excluding hydrogens is 316 g/mol. The van der Waals surface area contributed by atoms with Crippen LogP contribution in [0.4, 0.5) is 0 Å². The van der Waals surface area contributed by atoms with Crippen molar-refractivity contribution in [3.05, 3.63) is 59.7 Å². The summed E-state index contributed by atoms with van der Waals surface area (Å²) >= 11 is 0. The van der Waals surface area contributed by atoms with E-state index < -0.39 is 0 Å². The summed E-state index contributed by atoms with van der Waals surface area (Å²) in [6.45, 7) is 4.19. The van der Waals surface area contributed by atoms with Crippen LogP contribution >= 0.6 is 0 Å². The molecule has 7 nitrogen and oxygen atoms in total. The smallest absolute Gasteiger partial charge is 0.294 e. The normalized spacial score (nSPS) is 18.6. The summed E-state index contributed by atoms with van der Waals surface area (Å²) in [4.78, 5) is 25.7. The highest BCUT2D eigenvalue weighted by Crippen LogP contribution is 2.26. The van der Waals surface area contributed by atoms with Gasteiger partial charge >= 0.3 is 0 Å². The minimum Gasteiger partial charge on any atom is -0.326 e. The number of hydrogen-bond donors (Lipinski definition) is 0. The summed E-state index contributed by atoms with van der Waals surface area (Å²) in [7, 11) is 2.08. The van der Waals surface area contributed by atoms with Crippen LogP contribution in [-0.2, 0) is 0 Å². The highest BCUT2D eigenvalue weighted by molar-refractivity contribution is 5.91. The van der Waals surface area contributed by atoms with E-state index in [9.17, 15) is 4.79 Å². The van der Waals surface area contributed by atoms with Crippen molar-refractivity contribution in [1.29, 1.82) is 0 Å². The fourth-order valence-corrected chi connectivity index (χ4v) is 3.25. The van der Waals surface area contributed by atoms with E-state index in [1.54, 1.807) is 10.7 Å². The lowest BCUT2D eigenvalue weighted by molar-refractivity contribution is 0.0486. The van der Waals surface area contributed by atoms with Gasteiger partial charge in [-0.3, -0.25) is 4.79 Å². The fraction of sp³-hybridized carbons (Fsp3) is 0.333. The van der Waals surface area contributed by atoms with E-state index in [2.05, 4.69) is 39.1 Å². The van der Waals surface area contributed by atoms with Crippen LogP contribution in [0.5, 0.6) is 0 Å². The van der Waals surface area contributed by atoms with Gasteiger partial charge in [0.2, 0.25) is 5.82 Å². The zero-order valence-corrected chi connectivity index (χ0v) is 14.3. The van der Waals surface area contributed by atoms with Crippen molar-refractivity contribution in [2.24, 2.45) is 0 Å². The monoisotopic (exact) mass is 336 g/mol. The molecule has 0 aliphatic carbocycles. The Morgan fingerprint density at radius 2 is 1.96 bits per heavy atom. The lowest BCUT2D eigenvalue weighted by atomic mass is 10.0. The largest absolute Gasteiger partial charge is 0.326 e. The Labute approximate surface area is 145 Å². The van der Waals surface area contributed by atoms with Crippen LogP contribution in [0, 0.1) is 6.92 Å². The minimum absolute atomic E-state index is 0.00637. The Morgan fingerprint density at radius 3 is 2.72 bits per heavy atom. The van der Waals surface area contributed by atoms with E-state index in [4.69, 9.17) is 0 Å². The van der Waals surface area contributed by atoms with Crippen LogP contribution in [0.25, 0.3) is 5.78 Å². The number of nitrogens with zero attached hydrogens (tertiary/aromatic N) is 6. The van der Waals surface area contributed by atoms with Crippen molar-refractivity contribution >= 4 is 11.7 Å². The molecule has 0 radical (unpaired) electrons. The molecule has 1 saturated heterocycles. The predicted molar refractivity (Wildman–Crippen MR) is 93.2 cm³/mol. The molecule has 3 aromatic rings. The third-order valence-electron chi connectivity index (χ3n) is 4.65. The molecule has 2 aromatic heterocycles. The summed E-state index contributed by atoms with van der Waals surface area (Å²) in [5.41, 5.74) is 2.02. The number of amides is 1. The SMILES string of the molecule is Cc1ccnc2nc(C(=O)N3CCN(C)C[C@H]3c3ccccc3)nn12. The maximum atomic E-state index is 13.1. The summed E-state index contributed by atoms with van der Waals surface area (Å²) < 4.78 is 1.61. The molecule has 3 heterocycles. The molecule has 0 saturated carbocycles. The molecule has 0 spiro atoms. The van der Waals surface area contributed by atoms with E-state index in [-0.39, 0.29) is 17.8 Å². The number of benzene rings is 1. The lowest BCUT2D eigenvalue weighted by Gasteiger charge is -2.39. The van der Waals surface area contributed by atoms with Gasteiger partial charge in [-0.25, -0.2) is 9.50 Å². The number of rotatable bonds is 2. The van der Waals surface area contributed by atoms with Crippen molar-refractivity contribution in [1.82, 2.24) is 29.4 Å². The molecule has 4 rings (SSSR count). The molecule has 1 aliphatic heterocycles. The number of hydrogen-bond acceptors (Lipinski definition) is 5. The van der Waals surface area contributed by atoms with Crippen molar-refractivity contribution in [3.63, 3.8) is 0 Å². The zero-order chi connectivity index (χ0) is 17.4. The third-order valence-corrected chi connectivity index (χ3v) is 4.65. The third kappa shape index (κ3) is 2.87. The molecule has 7 heteroatoms. The van der Waals surface area contributed by atoms with E-state index in [1.165, 1.54) is 0 Å². The summed E-state index contributed by atoms with van der Waals surface area (Å²) in [5.74, 6) is 0.507. The Balaban J connectivity index is 1.70. The molecule has 1 aliphatic rings. The highest BCUT2D eigenvalue weighted by Gasteiger charge is 2.32. The first-order valence-corrected chi connectivity index (χ1v) is 8.36. The van der Waals surface area contributed by atoms with Crippen LogP contribution < -0.4 is 0 Å². The van der Waals surface area contributed by atoms with Gasteiger partial charge in [0.05, 0.1) is 6.04 Å². The first-order valence-electron chi connectivity index (χ1n) is 8.36. The van der Waals surface area contributed by atoms with Gasteiger partial charge in [-0.05, 0) is 25.6 Å². The topological polar surface area (TPSA) is 66.6 Å². The van der Waals surface area contributed by atoms with Crippen LogP contribution in [0.2, 0.25) is 0 Å². The minimum atomic E-state index is -0.146. The average molecular weight is 336 g/mol. The number of carbonyl (C=O) groups is 1. The fourth-order valence-electron chi connectivity index (χ4n) is 3.25. The predicted octanol–water partition coefficient (Wildman–Crippen LogP) is 1.56. The van der Waals surface area contributed by atoms with E-state index >= 15 is 0 Å². The number of aromatic nitrogens is 4. The van der Waals surface area contributed by atoms with Crippen LogP contribution in [0.1, 0.15) is 27.9 Å². The van der Waals surface area contributed by atoms with Crippen molar-refractivity contribution < 1.29 is 4.79 Å².